The van der Waals surface area contributed by atoms with E-state index < -0.39 is 0 Å². The van der Waals surface area contributed by atoms with Gasteiger partial charge in [0.25, 0.3) is 0 Å². The molecule has 0 aliphatic carbocycles. The third kappa shape index (κ3) is 4.11. The van der Waals surface area contributed by atoms with E-state index in [0.29, 0.717) is 36.8 Å². The molecule has 0 radical (unpaired) electrons. The fraction of sp³-hybridized carbons (Fsp3) is 0.500. The molecule has 6 nitrogen and oxygen atoms in total. The first-order valence-corrected chi connectivity index (χ1v) is 6.56. The molecule has 6 heteroatoms. The molecule has 0 bridgehead atoms. The summed E-state index contributed by atoms with van der Waals surface area (Å²) in [5.41, 5.74) is 0.648. The first-order chi connectivity index (χ1) is 9.71. The standard InChI is InChI=1S/C14H20N2O4/c1-18-11-5-10(6-12(7-11)19-2)16-14(17)8-13-9-15-3-4-20-13/h5-7,13,15H,3-4,8-9H2,1-2H3,(H,16,17). The summed E-state index contributed by atoms with van der Waals surface area (Å²) >= 11 is 0. The van der Waals surface area contributed by atoms with Gasteiger partial charge in [-0.05, 0) is 0 Å². The van der Waals surface area contributed by atoms with Crippen molar-refractivity contribution in [1.82, 2.24) is 5.32 Å². The molecule has 1 heterocycles. The fourth-order valence-corrected chi connectivity index (χ4v) is 2.05. The molecule has 1 unspecified atom stereocenters. The minimum Gasteiger partial charge on any atom is -0.497 e. The van der Waals surface area contributed by atoms with Crippen molar-refractivity contribution in [1.29, 1.82) is 0 Å². The highest BCUT2D eigenvalue weighted by Gasteiger charge is 2.17. The van der Waals surface area contributed by atoms with Crippen LogP contribution in [0.5, 0.6) is 11.5 Å². The minimum atomic E-state index is -0.0889. The van der Waals surface area contributed by atoms with E-state index >= 15 is 0 Å². The van der Waals surface area contributed by atoms with Crippen LogP contribution in [0.25, 0.3) is 0 Å². The van der Waals surface area contributed by atoms with Crippen molar-refractivity contribution < 1.29 is 19.0 Å². The van der Waals surface area contributed by atoms with Gasteiger partial charge in [-0.25, -0.2) is 0 Å². The van der Waals surface area contributed by atoms with Crippen molar-refractivity contribution in [2.75, 3.05) is 39.2 Å². The van der Waals surface area contributed by atoms with Gasteiger partial charge in [-0.1, -0.05) is 0 Å². The average Bonchev–Trinajstić information content (AvgIpc) is 2.47. The predicted octanol–water partition coefficient (Wildman–Crippen LogP) is 1.02. The van der Waals surface area contributed by atoms with E-state index in [1.165, 1.54) is 0 Å². The summed E-state index contributed by atoms with van der Waals surface area (Å²) < 4.78 is 15.8. The van der Waals surface area contributed by atoms with Crippen LogP contribution in [-0.4, -0.2) is 45.9 Å². The van der Waals surface area contributed by atoms with E-state index in [9.17, 15) is 4.79 Å². The summed E-state index contributed by atoms with van der Waals surface area (Å²) in [5, 5.41) is 6.03. The lowest BCUT2D eigenvalue weighted by Gasteiger charge is -2.23. The Morgan fingerprint density at radius 3 is 2.60 bits per heavy atom. The fourth-order valence-electron chi connectivity index (χ4n) is 2.05. The summed E-state index contributed by atoms with van der Waals surface area (Å²) in [6.07, 6.45) is 0.253. The van der Waals surface area contributed by atoms with E-state index in [-0.39, 0.29) is 12.0 Å². The van der Waals surface area contributed by atoms with Crippen LogP contribution in [-0.2, 0) is 9.53 Å². The number of morpholine rings is 1. The van der Waals surface area contributed by atoms with Gasteiger partial charge in [-0.2, -0.15) is 0 Å². The number of benzene rings is 1. The number of ether oxygens (including phenoxy) is 3. The Hall–Kier alpha value is -1.79. The number of carbonyl (C=O) groups excluding carboxylic acids is 1. The van der Waals surface area contributed by atoms with Gasteiger partial charge in [-0.3, -0.25) is 4.79 Å². The number of carbonyl (C=O) groups is 1. The molecular weight excluding hydrogens is 260 g/mol. The third-order valence-electron chi connectivity index (χ3n) is 3.05. The van der Waals surface area contributed by atoms with Crippen LogP contribution in [0, 0.1) is 0 Å². The highest BCUT2D eigenvalue weighted by Crippen LogP contribution is 2.25. The zero-order valence-electron chi connectivity index (χ0n) is 11.8. The maximum absolute atomic E-state index is 12.0. The molecule has 1 atom stereocenters. The predicted molar refractivity (Wildman–Crippen MR) is 75.4 cm³/mol. The number of rotatable bonds is 5. The SMILES string of the molecule is COc1cc(NC(=O)CC2CNCCO2)cc(OC)c1. The van der Waals surface area contributed by atoms with E-state index in [0.717, 1.165) is 6.54 Å². The molecule has 1 saturated heterocycles. The normalized spacial score (nSPS) is 18.4. The molecule has 1 aromatic rings. The van der Waals surface area contributed by atoms with E-state index in [1.807, 2.05) is 0 Å². The lowest BCUT2D eigenvalue weighted by atomic mass is 10.2. The maximum atomic E-state index is 12.0. The lowest BCUT2D eigenvalue weighted by Crippen LogP contribution is -2.40. The van der Waals surface area contributed by atoms with Crippen molar-refractivity contribution in [2.45, 2.75) is 12.5 Å². The van der Waals surface area contributed by atoms with Gasteiger partial charge in [0.2, 0.25) is 5.91 Å². The summed E-state index contributed by atoms with van der Waals surface area (Å²) in [6, 6.07) is 5.25. The monoisotopic (exact) mass is 280 g/mol. The number of hydrogen-bond donors (Lipinski definition) is 2. The molecule has 0 saturated carbocycles. The molecule has 1 fully saturated rings. The molecule has 0 spiro atoms. The van der Waals surface area contributed by atoms with E-state index in [2.05, 4.69) is 10.6 Å². The average molecular weight is 280 g/mol. The summed E-state index contributed by atoms with van der Waals surface area (Å²) in [4.78, 5) is 12.0. The van der Waals surface area contributed by atoms with E-state index in [1.54, 1.807) is 32.4 Å². The number of hydrogen-bond acceptors (Lipinski definition) is 5. The maximum Gasteiger partial charge on any atom is 0.227 e. The van der Waals surface area contributed by atoms with Crippen molar-refractivity contribution >= 4 is 11.6 Å². The molecule has 2 N–H and O–H groups in total. The third-order valence-corrected chi connectivity index (χ3v) is 3.05. The molecule has 110 valence electrons. The molecule has 20 heavy (non-hydrogen) atoms. The van der Waals surface area contributed by atoms with Crippen LogP contribution in [0.1, 0.15) is 6.42 Å². The molecule has 1 aliphatic heterocycles. The van der Waals surface area contributed by atoms with Gasteiger partial charge in [-0.15, -0.1) is 0 Å². The van der Waals surface area contributed by atoms with Gasteiger partial charge in [0.05, 0.1) is 33.4 Å². The molecule has 1 amide bonds. The smallest absolute Gasteiger partial charge is 0.227 e. The largest absolute Gasteiger partial charge is 0.497 e. The topological polar surface area (TPSA) is 68.8 Å². The molecule has 1 aliphatic rings. The second-order valence-corrected chi connectivity index (χ2v) is 4.55. The van der Waals surface area contributed by atoms with Gasteiger partial charge < -0.3 is 24.8 Å². The lowest BCUT2D eigenvalue weighted by molar-refractivity contribution is -0.119. The van der Waals surface area contributed by atoms with Crippen LogP contribution in [0.4, 0.5) is 5.69 Å². The van der Waals surface area contributed by atoms with Gasteiger partial charge in [0.1, 0.15) is 11.5 Å². The zero-order valence-corrected chi connectivity index (χ0v) is 11.8. The van der Waals surface area contributed by atoms with Gasteiger partial charge >= 0.3 is 0 Å². The second-order valence-electron chi connectivity index (χ2n) is 4.55. The molecular formula is C14H20N2O4. The number of methoxy groups -OCH3 is 2. The Morgan fingerprint density at radius 1 is 1.35 bits per heavy atom. The number of amides is 1. The Balaban J connectivity index is 1.95. The first-order valence-electron chi connectivity index (χ1n) is 6.56. The zero-order chi connectivity index (χ0) is 14.4. The molecule has 2 rings (SSSR count). The van der Waals surface area contributed by atoms with Crippen molar-refractivity contribution in [2.24, 2.45) is 0 Å². The first kappa shape index (κ1) is 14.6. The van der Waals surface area contributed by atoms with Crippen molar-refractivity contribution in [3.05, 3.63) is 18.2 Å². The quantitative estimate of drug-likeness (QED) is 0.843. The van der Waals surface area contributed by atoms with Crippen molar-refractivity contribution in [3.63, 3.8) is 0 Å². The Kier molecular flexibility index (Phi) is 5.20. The Morgan fingerprint density at radius 2 is 2.05 bits per heavy atom. The van der Waals surface area contributed by atoms with Crippen LogP contribution in [0.2, 0.25) is 0 Å². The second kappa shape index (κ2) is 7.12. The van der Waals surface area contributed by atoms with Crippen LogP contribution < -0.4 is 20.1 Å². The Labute approximate surface area is 118 Å². The summed E-state index contributed by atoms with van der Waals surface area (Å²) in [7, 11) is 3.14. The summed E-state index contributed by atoms with van der Waals surface area (Å²) in [5.74, 6) is 1.18. The number of nitrogens with one attached hydrogen (secondary N) is 2. The van der Waals surface area contributed by atoms with Crippen molar-refractivity contribution in [3.8, 4) is 11.5 Å². The number of anilines is 1. The highest BCUT2D eigenvalue weighted by molar-refractivity contribution is 5.91. The van der Waals surface area contributed by atoms with Gasteiger partial charge in [0.15, 0.2) is 0 Å². The Bertz CT molecular complexity index is 436. The highest BCUT2D eigenvalue weighted by atomic mass is 16.5. The van der Waals surface area contributed by atoms with Crippen LogP contribution >= 0.6 is 0 Å². The van der Waals surface area contributed by atoms with Gasteiger partial charge in [0, 0.05) is 37.0 Å². The summed E-state index contributed by atoms with van der Waals surface area (Å²) in [6.45, 7) is 2.19. The van der Waals surface area contributed by atoms with Crippen LogP contribution in [0.3, 0.4) is 0 Å². The minimum absolute atomic E-state index is 0.0729. The van der Waals surface area contributed by atoms with E-state index in [4.69, 9.17) is 14.2 Å². The molecule has 0 aromatic heterocycles. The van der Waals surface area contributed by atoms with Crippen LogP contribution in [0.15, 0.2) is 18.2 Å². The molecule has 1 aromatic carbocycles.